The van der Waals surface area contributed by atoms with Crippen molar-refractivity contribution in [1.29, 1.82) is 0 Å². The molecule has 29 heavy (non-hydrogen) atoms. The van der Waals surface area contributed by atoms with Crippen LogP contribution in [0.15, 0.2) is 42.7 Å². The number of nitrogens with one attached hydrogen (secondary N) is 1. The van der Waals surface area contributed by atoms with E-state index in [4.69, 9.17) is 0 Å². The third-order valence-corrected chi connectivity index (χ3v) is 6.17. The lowest BCUT2D eigenvalue weighted by Crippen LogP contribution is -2.44. The Morgan fingerprint density at radius 1 is 1.28 bits per heavy atom. The van der Waals surface area contributed by atoms with E-state index >= 15 is 0 Å². The first-order valence-electron chi connectivity index (χ1n) is 9.63. The molecular formula is C21H22N6O2. The number of aromatic nitrogens is 4. The zero-order chi connectivity index (χ0) is 20.3. The van der Waals surface area contributed by atoms with E-state index in [1.807, 2.05) is 49.0 Å². The van der Waals surface area contributed by atoms with Crippen molar-refractivity contribution in [3.05, 3.63) is 65.5 Å². The predicted octanol–water partition coefficient (Wildman–Crippen LogP) is 1.94. The minimum absolute atomic E-state index is 0.0804. The summed E-state index contributed by atoms with van der Waals surface area (Å²) < 4.78 is 3.49. The van der Waals surface area contributed by atoms with E-state index in [9.17, 15) is 9.59 Å². The molecule has 1 spiro atoms. The van der Waals surface area contributed by atoms with Gasteiger partial charge in [-0.25, -0.2) is 4.98 Å². The minimum atomic E-state index is -0.862. The van der Waals surface area contributed by atoms with E-state index in [0.717, 1.165) is 16.9 Å². The van der Waals surface area contributed by atoms with Crippen LogP contribution >= 0.6 is 0 Å². The van der Waals surface area contributed by atoms with Crippen molar-refractivity contribution in [2.45, 2.75) is 24.8 Å². The summed E-state index contributed by atoms with van der Waals surface area (Å²) in [6.07, 6.45) is 4.09. The molecule has 2 atom stereocenters. The number of para-hydroxylation sites is 1. The second-order valence-corrected chi connectivity index (χ2v) is 7.81. The molecule has 8 nitrogen and oxygen atoms in total. The molecule has 1 N–H and O–H groups in total. The van der Waals surface area contributed by atoms with Crippen LogP contribution in [0.2, 0.25) is 0 Å². The fraction of sp³-hybridized carbons (Fsp3) is 0.333. The van der Waals surface area contributed by atoms with Gasteiger partial charge in [0.15, 0.2) is 0 Å². The van der Waals surface area contributed by atoms with Crippen molar-refractivity contribution in [1.82, 2.24) is 24.2 Å². The summed E-state index contributed by atoms with van der Waals surface area (Å²) in [4.78, 5) is 33.2. The largest absolute Gasteiger partial charge is 0.336 e. The van der Waals surface area contributed by atoms with E-state index in [2.05, 4.69) is 15.4 Å². The number of amides is 2. The molecule has 2 aliphatic rings. The molecule has 2 aromatic heterocycles. The third-order valence-electron chi connectivity index (χ3n) is 6.17. The monoisotopic (exact) mass is 390 g/mol. The van der Waals surface area contributed by atoms with Gasteiger partial charge in [0.25, 0.3) is 5.91 Å². The maximum absolute atomic E-state index is 13.6. The van der Waals surface area contributed by atoms with E-state index in [1.165, 1.54) is 0 Å². The number of carbonyl (C=O) groups excluding carboxylic acids is 2. The molecule has 0 saturated carbocycles. The standard InChI is InChI=1S/C21H22N6O2/c1-13-12-16(26(3)24-13)19(28)27-10-8-21(17(27)18-22-9-11-25(18)2)14-6-4-5-7-15(14)23-20(21)29/h4-7,9,11-12,17H,8,10H2,1-3H3,(H,23,29)/t17-,21+/m0/s1. The average molecular weight is 390 g/mol. The Hall–Kier alpha value is -3.42. The summed E-state index contributed by atoms with van der Waals surface area (Å²) >= 11 is 0. The number of carbonyl (C=O) groups is 2. The summed E-state index contributed by atoms with van der Waals surface area (Å²) in [7, 11) is 3.66. The van der Waals surface area contributed by atoms with Crippen LogP contribution in [0.1, 0.15) is 40.0 Å². The lowest BCUT2D eigenvalue weighted by atomic mass is 9.74. The van der Waals surface area contributed by atoms with Crippen molar-refractivity contribution in [2.24, 2.45) is 14.1 Å². The van der Waals surface area contributed by atoms with Crippen LogP contribution in [0.3, 0.4) is 0 Å². The van der Waals surface area contributed by atoms with Crippen LogP contribution in [0.4, 0.5) is 5.69 Å². The molecule has 2 aliphatic heterocycles. The molecule has 0 bridgehead atoms. The predicted molar refractivity (Wildman–Crippen MR) is 106 cm³/mol. The van der Waals surface area contributed by atoms with Gasteiger partial charge in [-0.15, -0.1) is 0 Å². The Labute approximate surface area is 168 Å². The smallest absolute Gasteiger partial charge is 0.272 e. The summed E-state index contributed by atoms with van der Waals surface area (Å²) in [6, 6.07) is 9.01. The van der Waals surface area contributed by atoms with Gasteiger partial charge >= 0.3 is 0 Å². The van der Waals surface area contributed by atoms with Gasteiger partial charge in [-0.2, -0.15) is 5.10 Å². The number of hydrogen-bond acceptors (Lipinski definition) is 4. The lowest BCUT2D eigenvalue weighted by molar-refractivity contribution is -0.121. The number of benzene rings is 1. The average Bonchev–Trinajstić information content (AvgIpc) is 3.43. The molecule has 1 aromatic carbocycles. The molecule has 5 rings (SSSR count). The fourth-order valence-electron chi connectivity index (χ4n) is 4.86. The molecule has 1 fully saturated rings. The van der Waals surface area contributed by atoms with Crippen molar-refractivity contribution in [2.75, 3.05) is 11.9 Å². The molecule has 0 aliphatic carbocycles. The highest BCUT2D eigenvalue weighted by molar-refractivity contribution is 6.08. The number of hydrogen-bond donors (Lipinski definition) is 1. The third kappa shape index (κ3) is 2.31. The molecular weight excluding hydrogens is 368 g/mol. The second-order valence-electron chi connectivity index (χ2n) is 7.81. The minimum Gasteiger partial charge on any atom is -0.336 e. The van der Waals surface area contributed by atoms with Crippen LogP contribution < -0.4 is 5.32 Å². The van der Waals surface area contributed by atoms with Crippen molar-refractivity contribution >= 4 is 17.5 Å². The highest BCUT2D eigenvalue weighted by Gasteiger charge is 2.60. The quantitative estimate of drug-likeness (QED) is 0.725. The molecule has 3 aromatic rings. The Balaban J connectivity index is 1.69. The maximum atomic E-state index is 13.6. The molecule has 0 radical (unpaired) electrons. The van der Waals surface area contributed by atoms with E-state index < -0.39 is 11.5 Å². The summed E-state index contributed by atoms with van der Waals surface area (Å²) in [6.45, 7) is 2.32. The zero-order valence-corrected chi connectivity index (χ0v) is 16.6. The number of aryl methyl sites for hydroxylation is 3. The maximum Gasteiger partial charge on any atom is 0.272 e. The first kappa shape index (κ1) is 17.7. The van der Waals surface area contributed by atoms with Crippen LogP contribution in [0.25, 0.3) is 0 Å². The van der Waals surface area contributed by atoms with E-state index in [1.54, 1.807) is 28.9 Å². The summed E-state index contributed by atoms with van der Waals surface area (Å²) in [5, 5.41) is 7.34. The first-order valence-corrected chi connectivity index (χ1v) is 9.63. The molecule has 1 saturated heterocycles. The van der Waals surface area contributed by atoms with Gasteiger partial charge in [0.2, 0.25) is 5.91 Å². The number of imidazole rings is 1. The Kier molecular flexibility index (Phi) is 3.68. The summed E-state index contributed by atoms with van der Waals surface area (Å²) in [5.41, 5.74) is 2.16. The Morgan fingerprint density at radius 2 is 2.07 bits per heavy atom. The van der Waals surface area contributed by atoms with E-state index in [0.29, 0.717) is 24.5 Å². The Bertz CT molecular complexity index is 1150. The molecule has 8 heteroatoms. The number of rotatable bonds is 2. The molecule has 2 amide bonds. The van der Waals surface area contributed by atoms with Gasteiger partial charge in [0.1, 0.15) is 23.0 Å². The zero-order valence-electron chi connectivity index (χ0n) is 16.6. The lowest BCUT2D eigenvalue weighted by Gasteiger charge is -2.33. The molecule has 4 heterocycles. The van der Waals surface area contributed by atoms with Crippen molar-refractivity contribution in [3.63, 3.8) is 0 Å². The van der Waals surface area contributed by atoms with E-state index in [-0.39, 0.29) is 11.8 Å². The number of anilines is 1. The highest BCUT2D eigenvalue weighted by atomic mass is 16.2. The van der Waals surface area contributed by atoms with Crippen molar-refractivity contribution in [3.8, 4) is 0 Å². The Morgan fingerprint density at radius 3 is 2.76 bits per heavy atom. The fourth-order valence-corrected chi connectivity index (χ4v) is 4.86. The molecule has 0 unspecified atom stereocenters. The van der Waals surface area contributed by atoms with Gasteiger partial charge in [-0.05, 0) is 31.0 Å². The second kappa shape index (κ2) is 6.04. The highest BCUT2D eigenvalue weighted by Crippen LogP contribution is 2.54. The SMILES string of the molecule is Cc1cc(C(=O)N2CC[C@]3(C(=O)Nc4ccccc43)[C@@H]2c2nccn2C)n(C)n1. The van der Waals surface area contributed by atoms with Crippen LogP contribution in [0, 0.1) is 6.92 Å². The van der Waals surface area contributed by atoms with Gasteiger partial charge < -0.3 is 14.8 Å². The van der Waals surface area contributed by atoms with Crippen molar-refractivity contribution < 1.29 is 9.59 Å². The normalized spacial score (nSPS) is 22.9. The van der Waals surface area contributed by atoms with Crippen LogP contribution in [0.5, 0.6) is 0 Å². The van der Waals surface area contributed by atoms with Gasteiger partial charge in [0, 0.05) is 38.7 Å². The van der Waals surface area contributed by atoms with Crippen LogP contribution in [-0.2, 0) is 24.3 Å². The molecule has 148 valence electrons. The number of fused-ring (bicyclic) bond motifs is 2. The van der Waals surface area contributed by atoms with Gasteiger partial charge in [-0.3, -0.25) is 14.3 Å². The number of nitrogens with zero attached hydrogens (tertiary/aromatic N) is 5. The van der Waals surface area contributed by atoms with Gasteiger partial charge in [-0.1, -0.05) is 18.2 Å². The van der Waals surface area contributed by atoms with Gasteiger partial charge in [0.05, 0.1) is 5.69 Å². The van der Waals surface area contributed by atoms with Crippen LogP contribution in [-0.4, -0.2) is 42.6 Å². The first-order chi connectivity index (χ1) is 13.9. The summed E-state index contributed by atoms with van der Waals surface area (Å²) in [5.74, 6) is 0.472. The number of likely N-dealkylation sites (tertiary alicyclic amines) is 1. The topological polar surface area (TPSA) is 85.0 Å².